The summed E-state index contributed by atoms with van der Waals surface area (Å²) in [6.07, 6.45) is 5.36. The molecule has 0 radical (unpaired) electrons. The third-order valence-electron chi connectivity index (χ3n) is 4.32. The van der Waals surface area contributed by atoms with Gasteiger partial charge in [0.15, 0.2) is 5.65 Å². The van der Waals surface area contributed by atoms with Crippen LogP contribution in [-0.2, 0) is 6.54 Å². The highest BCUT2D eigenvalue weighted by Crippen LogP contribution is 2.20. The van der Waals surface area contributed by atoms with E-state index in [2.05, 4.69) is 38.5 Å². The first-order chi connectivity index (χ1) is 12.9. The molecule has 0 spiro atoms. The zero-order valence-electron chi connectivity index (χ0n) is 13.8. The van der Waals surface area contributed by atoms with Crippen LogP contribution in [0.2, 0.25) is 0 Å². The van der Waals surface area contributed by atoms with Crippen molar-refractivity contribution in [2.45, 2.75) is 6.54 Å². The van der Waals surface area contributed by atoms with E-state index in [1.165, 1.54) is 0 Å². The number of fused-ring (bicyclic) bond motifs is 2. The second kappa shape index (κ2) is 6.00. The van der Waals surface area contributed by atoms with Crippen LogP contribution in [0.3, 0.4) is 0 Å². The van der Waals surface area contributed by atoms with E-state index in [1.54, 1.807) is 18.6 Å². The van der Waals surface area contributed by atoms with Gasteiger partial charge in [-0.3, -0.25) is 9.97 Å². The number of benzene rings is 1. The number of hydrogen-bond acceptors (Lipinski definition) is 5. The molecular weight excluding hydrogens is 324 g/mol. The Morgan fingerprint density at radius 1 is 0.885 bits per heavy atom. The maximum Gasteiger partial charge on any atom is 0.179 e. The largest absolute Gasteiger partial charge is 0.264 e. The summed E-state index contributed by atoms with van der Waals surface area (Å²) < 4.78 is 1.83. The van der Waals surface area contributed by atoms with Crippen molar-refractivity contribution < 1.29 is 0 Å². The number of hydrogen-bond donors (Lipinski definition) is 0. The molecule has 0 saturated carbocycles. The lowest BCUT2D eigenvalue weighted by molar-refractivity contribution is 0.665. The maximum atomic E-state index is 4.75. The number of nitrogens with zero attached hydrogens (tertiary/aromatic N) is 6. The smallest absolute Gasteiger partial charge is 0.179 e. The van der Waals surface area contributed by atoms with Crippen molar-refractivity contribution in [2.24, 2.45) is 0 Å². The molecule has 0 amide bonds. The van der Waals surface area contributed by atoms with Gasteiger partial charge in [0.25, 0.3) is 0 Å². The second-order valence-corrected chi connectivity index (χ2v) is 6.06. The molecule has 0 aliphatic carbocycles. The van der Waals surface area contributed by atoms with Gasteiger partial charge >= 0.3 is 0 Å². The van der Waals surface area contributed by atoms with Gasteiger partial charge in [-0.15, -0.1) is 5.10 Å². The van der Waals surface area contributed by atoms with Crippen LogP contribution in [0.5, 0.6) is 0 Å². The van der Waals surface area contributed by atoms with Gasteiger partial charge in [-0.1, -0.05) is 17.3 Å². The first-order valence-electron chi connectivity index (χ1n) is 8.31. The summed E-state index contributed by atoms with van der Waals surface area (Å²) in [5.41, 5.74) is 5.48. The van der Waals surface area contributed by atoms with Crippen molar-refractivity contribution in [3.05, 3.63) is 78.8 Å². The molecule has 124 valence electrons. The van der Waals surface area contributed by atoms with Crippen molar-refractivity contribution in [3.8, 4) is 11.3 Å². The van der Waals surface area contributed by atoms with Gasteiger partial charge in [0.05, 0.1) is 17.8 Å². The predicted molar refractivity (Wildman–Crippen MR) is 99.4 cm³/mol. The fraction of sp³-hybridized carbons (Fsp3) is 0.0500. The zero-order valence-corrected chi connectivity index (χ0v) is 13.8. The van der Waals surface area contributed by atoms with Crippen LogP contribution < -0.4 is 0 Å². The molecule has 4 aromatic heterocycles. The highest BCUT2D eigenvalue weighted by atomic mass is 15.4. The van der Waals surface area contributed by atoms with Gasteiger partial charge in [0.2, 0.25) is 0 Å². The normalized spacial score (nSPS) is 11.2. The van der Waals surface area contributed by atoms with Gasteiger partial charge in [-0.25, -0.2) is 9.67 Å². The van der Waals surface area contributed by atoms with Crippen LogP contribution in [-0.4, -0.2) is 29.9 Å². The van der Waals surface area contributed by atoms with Crippen LogP contribution >= 0.6 is 0 Å². The Kier molecular flexibility index (Phi) is 3.38. The molecule has 6 heteroatoms. The van der Waals surface area contributed by atoms with E-state index in [4.69, 9.17) is 4.98 Å². The lowest BCUT2D eigenvalue weighted by atomic mass is 10.1. The Morgan fingerprint density at radius 3 is 2.73 bits per heavy atom. The minimum Gasteiger partial charge on any atom is -0.264 e. The first kappa shape index (κ1) is 14.7. The molecule has 5 rings (SSSR count). The van der Waals surface area contributed by atoms with E-state index in [0.717, 1.165) is 38.9 Å². The minimum atomic E-state index is 0.602. The quantitative estimate of drug-likeness (QED) is 0.504. The molecule has 0 aliphatic rings. The third kappa shape index (κ3) is 2.57. The summed E-state index contributed by atoms with van der Waals surface area (Å²) in [6, 6.07) is 18.0. The van der Waals surface area contributed by atoms with Crippen molar-refractivity contribution in [1.82, 2.24) is 29.9 Å². The first-order valence-corrected chi connectivity index (χ1v) is 8.31. The van der Waals surface area contributed by atoms with Crippen molar-refractivity contribution >= 4 is 22.1 Å². The van der Waals surface area contributed by atoms with E-state index in [0.29, 0.717) is 6.54 Å². The summed E-state index contributed by atoms with van der Waals surface area (Å²) >= 11 is 0. The molecule has 26 heavy (non-hydrogen) atoms. The molecular formula is C20H14N6. The van der Waals surface area contributed by atoms with Crippen LogP contribution in [0.4, 0.5) is 0 Å². The van der Waals surface area contributed by atoms with Crippen LogP contribution in [0.25, 0.3) is 33.3 Å². The van der Waals surface area contributed by atoms with Gasteiger partial charge in [-0.2, -0.15) is 0 Å². The van der Waals surface area contributed by atoms with E-state index < -0.39 is 0 Å². The van der Waals surface area contributed by atoms with Gasteiger partial charge in [-0.05, 0) is 48.0 Å². The Labute approximate surface area is 149 Å². The average molecular weight is 338 g/mol. The topological polar surface area (TPSA) is 69.4 Å². The van der Waals surface area contributed by atoms with Crippen LogP contribution in [0.1, 0.15) is 5.56 Å². The van der Waals surface area contributed by atoms with E-state index >= 15 is 0 Å². The monoisotopic (exact) mass is 338 g/mol. The zero-order chi connectivity index (χ0) is 17.3. The third-order valence-corrected chi connectivity index (χ3v) is 4.32. The Bertz CT molecular complexity index is 1210. The average Bonchev–Trinajstić information content (AvgIpc) is 3.10. The predicted octanol–water partition coefficient (Wildman–Crippen LogP) is 3.48. The molecule has 6 nitrogen and oxygen atoms in total. The summed E-state index contributed by atoms with van der Waals surface area (Å²) in [5.74, 6) is 0. The highest BCUT2D eigenvalue weighted by Gasteiger charge is 2.09. The number of rotatable bonds is 3. The highest BCUT2D eigenvalue weighted by molar-refractivity contribution is 5.79. The lowest BCUT2D eigenvalue weighted by Gasteiger charge is -2.05. The molecule has 0 N–H and O–H groups in total. The van der Waals surface area contributed by atoms with Gasteiger partial charge < -0.3 is 0 Å². The molecule has 4 heterocycles. The molecule has 0 fully saturated rings. The number of pyridine rings is 3. The molecule has 1 aromatic carbocycles. The number of aromatic nitrogens is 6. The van der Waals surface area contributed by atoms with Gasteiger partial charge in [0, 0.05) is 29.5 Å². The Morgan fingerprint density at radius 2 is 1.81 bits per heavy atom. The molecule has 5 aromatic rings. The van der Waals surface area contributed by atoms with Crippen LogP contribution in [0, 0.1) is 0 Å². The van der Waals surface area contributed by atoms with Crippen molar-refractivity contribution in [1.29, 1.82) is 0 Å². The SMILES string of the molecule is c1cncc(-c2ccc3nnn(Cc4ccc5ncccc5c4)c3n2)c1. The van der Waals surface area contributed by atoms with E-state index in [-0.39, 0.29) is 0 Å². The minimum absolute atomic E-state index is 0.602. The lowest BCUT2D eigenvalue weighted by Crippen LogP contribution is -2.03. The summed E-state index contributed by atoms with van der Waals surface area (Å²) in [5, 5.41) is 9.62. The molecule has 0 atom stereocenters. The van der Waals surface area contributed by atoms with E-state index in [1.807, 2.05) is 41.1 Å². The summed E-state index contributed by atoms with van der Waals surface area (Å²) in [4.78, 5) is 13.3. The summed E-state index contributed by atoms with van der Waals surface area (Å²) in [7, 11) is 0. The molecule has 0 bridgehead atoms. The fourth-order valence-corrected chi connectivity index (χ4v) is 3.03. The van der Waals surface area contributed by atoms with E-state index in [9.17, 15) is 0 Å². The Hall–Kier alpha value is -3.67. The van der Waals surface area contributed by atoms with Crippen molar-refractivity contribution in [2.75, 3.05) is 0 Å². The van der Waals surface area contributed by atoms with Crippen molar-refractivity contribution in [3.63, 3.8) is 0 Å². The fourth-order valence-electron chi connectivity index (χ4n) is 3.03. The maximum absolute atomic E-state index is 4.75. The van der Waals surface area contributed by atoms with Crippen LogP contribution in [0.15, 0.2) is 73.2 Å². The van der Waals surface area contributed by atoms with Gasteiger partial charge in [0.1, 0.15) is 5.52 Å². The standard InChI is InChI=1S/C20H14N6/c1-4-16(12-21-9-1)18-7-8-19-20(23-18)26(25-24-19)13-14-5-6-17-15(11-14)3-2-10-22-17/h1-12H,13H2. The second-order valence-electron chi connectivity index (χ2n) is 6.06. The summed E-state index contributed by atoms with van der Waals surface area (Å²) in [6.45, 7) is 0.602. The molecule has 0 aliphatic heterocycles. The Balaban J connectivity index is 1.55. The molecule has 0 unspecified atom stereocenters. The molecule has 0 saturated heterocycles.